The van der Waals surface area contributed by atoms with Gasteiger partial charge in [-0.25, -0.2) is 4.79 Å². The van der Waals surface area contributed by atoms with E-state index in [0.717, 1.165) is 5.56 Å². The van der Waals surface area contributed by atoms with Crippen LogP contribution in [0.1, 0.15) is 29.2 Å². The highest BCUT2D eigenvalue weighted by Gasteiger charge is 2.23. The Bertz CT molecular complexity index is 930. The topological polar surface area (TPSA) is 75.0 Å². The van der Waals surface area contributed by atoms with Gasteiger partial charge in [0.2, 0.25) is 0 Å². The van der Waals surface area contributed by atoms with E-state index in [4.69, 9.17) is 4.74 Å². The van der Waals surface area contributed by atoms with Gasteiger partial charge in [0, 0.05) is 44.5 Å². The molecule has 1 aromatic carbocycles. The number of rotatable bonds is 5. The number of carbonyl (C=O) groups is 1. The van der Waals surface area contributed by atoms with Gasteiger partial charge in [0.15, 0.2) is 5.75 Å². The van der Waals surface area contributed by atoms with Gasteiger partial charge in [0.1, 0.15) is 0 Å². The van der Waals surface area contributed by atoms with Gasteiger partial charge in [-0.3, -0.25) is 9.69 Å². The van der Waals surface area contributed by atoms with Gasteiger partial charge >= 0.3 is 6.09 Å². The summed E-state index contributed by atoms with van der Waals surface area (Å²) in [7, 11) is 0. The van der Waals surface area contributed by atoms with Crippen molar-refractivity contribution in [3.8, 4) is 5.75 Å². The van der Waals surface area contributed by atoms with E-state index in [1.807, 2.05) is 19.1 Å². The normalized spacial score (nSPS) is 14.8. The number of aromatic nitrogens is 1. The van der Waals surface area contributed by atoms with Crippen molar-refractivity contribution in [1.82, 2.24) is 14.4 Å². The minimum atomic E-state index is -0.383. The Balaban J connectivity index is 1.65. The monoisotopic (exact) mass is 399 g/mol. The first-order valence-corrected chi connectivity index (χ1v) is 10.0. The van der Waals surface area contributed by atoms with Crippen LogP contribution >= 0.6 is 0 Å². The predicted molar refractivity (Wildman–Crippen MR) is 111 cm³/mol. The summed E-state index contributed by atoms with van der Waals surface area (Å²) in [4.78, 5) is 28.2. The van der Waals surface area contributed by atoms with Gasteiger partial charge in [-0.1, -0.05) is 18.2 Å². The molecular formula is C22H29N3O4. The third-order valence-electron chi connectivity index (χ3n) is 5.44. The second-order valence-corrected chi connectivity index (χ2v) is 7.50. The Kier molecular flexibility index (Phi) is 6.59. The van der Waals surface area contributed by atoms with Crippen LogP contribution in [0.15, 0.2) is 35.3 Å². The number of carbonyl (C=O) groups excluding carboxylic acids is 1. The van der Waals surface area contributed by atoms with Crippen LogP contribution in [0.5, 0.6) is 5.75 Å². The molecular weight excluding hydrogens is 370 g/mol. The van der Waals surface area contributed by atoms with Gasteiger partial charge < -0.3 is 19.3 Å². The summed E-state index contributed by atoms with van der Waals surface area (Å²) in [5.41, 5.74) is 3.64. The molecule has 3 rings (SSSR count). The van der Waals surface area contributed by atoms with E-state index >= 15 is 0 Å². The zero-order valence-electron chi connectivity index (χ0n) is 17.4. The van der Waals surface area contributed by atoms with E-state index in [0.29, 0.717) is 51.4 Å². The lowest BCUT2D eigenvalue weighted by Gasteiger charge is -2.34. The third kappa shape index (κ3) is 4.98. The molecule has 0 aliphatic carbocycles. The van der Waals surface area contributed by atoms with Gasteiger partial charge in [-0.15, -0.1) is 0 Å². The average Bonchev–Trinajstić information content (AvgIpc) is 2.71. The van der Waals surface area contributed by atoms with E-state index < -0.39 is 0 Å². The molecule has 156 valence electrons. The fourth-order valence-electron chi connectivity index (χ4n) is 3.49. The second-order valence-electron chi connectivity index (χ2n) is 7.50. The molecule has 7 heteroatoms. The molecule has 0 radical (unpaired) electrons. The molecule has 0 atom stereocenters. The number of amides is 1. The van der Waals surface area contributed by atoms with Crippen LogP contribution in [0, 0.1) is 13.8 Å². The maximum Gasteiger partial charge on any atom is 0.409 e. The van der Waals surface area contributed by atoms with Crippen molar-refractivity contribution in [2.75, 3.05) is 32.8 Å². The molecule has 1 aliphatic rings. The van der Waals surface area contributed by atoms with E-state index in [9.17, 15) is 14.7 Å². The maximum atomic E-state index is 12.6. The molecule has 1 saturated heterocycles. The first kappa shape index (κ1) is 20.9. The largest absolute Gasteiger partial charge is 0.503 e. The smallest absolute Gasteiger partial charge is 0.409 e. The molecule has 7 nitrogen and oxygen atoms in total. The summed E-state index contributed by atoms with van der Waals surface area (Å²) < 4.78 is 6.56. The lowest BCUT2D eigenvalue weighted by Crippen LogP contribution is -2.48. The number of aryl methyl sites for hydroxylation is 2. The van der Waals surface area contributed by atoms with E-state index in [-0.39, 0.29) is 17.4 Å². The Morgan fingerprint density at radius 3 is 2.45 bits per heavy atom. The highest BCUT2D eigenvalue weighted by atomic mass is 16.6. The molecule has 1 amide bonds. The predicted octanol–water partition coefficient (Wildman–Crippen LogP) is 2.49. The molecule has 0 bridgehead atoms. The van der Waals surface area contributed by atoms with Crippen molar-refractivity contribution in [1.29, 1.82) is 0 Å². The number of nitrogens with zero attached hydrogens (tertiary/aromatic N) is 3. The number of benzene rings is 1. The SMILES string of the molecule is CCOC(=O)N1CCN(Cc2ccn(Cc3ccc(C)c(C)c3)c(=O)c2O)CC1. The average molecular weight is 399 g/mol. The van der Waals surface area contributed by atoms with Crippen molar-refractivity contribution >= 4 is 6.09 Å². The third-order valence-corrected chi connectivity index (χ3v) is 5.44. The number of piperazine rings is 1. The van der Waals surface area contributed by atoms with Crippen molar-refractivity contribution in [2.24, 2.45) is 0 Å². The lowest BCUT2D eigenvalue weighted by atomic mass is 10.1. The van der Waals surface area contributed by atoms with E-state index in [2.05, 4.69) is 17.9 Å². The molecule has 1 aliphatic heterocycles. The summed E-state index contributed by atoms with van der Waals surface area (Å²) in [5.74, 6) is -0.204. The highest BCUT2D eigenvalue weighted by molar-refractivity contribution is 5.67. The van der Waals surface area contributed by atoms with Crippen molar-refractivity contribution in [2.45, 2.75) is 33.9 Å². The number of hydrogen-bond acceptors (Lipinski definition) is 5. The van der Waals surface area contributed by atoms with Crippen LogP contribution in [0.3, 0.4) is 0 Å². The van der Waals surface area contributed by atoms with Crippen LogP contribution in [0.4, 0.5) is 4.79 Å². The summed E-state index contributed by atoms with van der Waals surface area (Å²) in [6, 6.07) is 7.91. The highest BCUT2D eigenvalue weighted by Crippen LogP contribution is 2.17. The molecule has 1 aromatic heterocycles. The van der Waals surface area contributed by atoms with Crippen molar-refractivity contribution in [3.05, 3.63) is 63.1 Å². The molecule has 0 saturated carbocycles. The van der Waals surface area contributed by atoms with E-state index in [1.165, 1.54) is 15.7 Å². The Morgan fingerprint density at radius 1 is 1.07 bits per heavy atom. The van der Waals surface area contributed by atoms with Crippen molar-refractivity contribution < 1.29 is 14.6 Å². The molecule has 1 fully saturated rings. The Morgan fingerprint density at radius 2 is 1.79 bits per heavy atom. The summed E-state index contributed by atoms with van der Waals surface area (Å²) in [6.45, 7) is 9.64. The van der Waals surface area contributed by atoms with Gasteiger partial charge in [0.05, 0.1) is 13.2 Å². The van der Waals surface area contributed by atoms with Crippen LogP contribution in [-0.2, 0) is 17.8 Å². The van der Waals surface area contributed by atoms with Gasteiger partial charge in [0.25, 0.3) is 5.56 Å². The minimum absolute atomic E-state index is 0.204. The van der Waals surface area contributed by atoms with Crippen LogP contribution < -0.4 is 5.56 Å². The van der Waals surface area contributed by atoms with Crippen LogP contribution in [0.25, 0.3) is 0 Å². The molecule has 2 heterocycles. The fourth-order valence-corrected chi connectivity index (χ4v) is 3.49. The Labute approximate surface area is 171 Å². The number of hydrogen-bond donors (Lipinski definition) is 1. The molecule has 1 N–H and O–H groups in total. The Hall–Kier alpha value is -2.80. The fraction of sp³-hybridized carbons (Fsp3) is 0.455. The van der Waals surface area contributed by atoms with Gasteiger partial charge in [-0.2, -0.15) is 0 Å². The first-order chi connectivity index (χ1) is 13.9. The lowest BCUT2D eigenvalue weighted by molar-refractivity contribution is 0.0776. The van der Waals surface area contributed by atoms with Gasteiger partial charge in [-0.05, 0) is 43.5 Å². The molecule has 0 unspecified atom stereocenters. The number of pyridine rings is 1. The van der Waals surface area contributed by atoms with Crippen LogP contribution in [-0.4, -0.2) is 58.4 Å². The molecule has 0 spiro atoms. The zero-order valence-corrected chi connectivity index (χ0v) is 17.4. The standard InChI is InChI=1S/C22H29N3O4/c1-4-29-22(28)24-11-9-23(10-12-24)15-19-7-8-25(21(27)20(19)26)14-18-6-5-16(2)17(3)13-18/h5-8,13,26H,4,9-12,14-15H2,1-3H3. The summed E-state index contributed by atoms with van der Waals surface area (Å²) >= 11 is 0. The number of aromatic hydroxyl groups is 1. The van der Waals surface area contributed by atoms with E-state index in [1.54, 1.807) is 24.1 Å². The summed E-state index contributed by atoms with van der Waals surface area (Å²) in [6.07, 6.45) is 1.45. The molecule has 29 heavy (non-hydrogen) atoms. The summed E-state index contributed by atoms with van der Waals surface area (Å²) in [5, 5.41) is 10.5. The first-order valence-electron chi connectivity index (χ1n) is 10.0. The minimum Gasteiger partial charge on any atom is -0.503 e. The van der Waals surface area contributed by atoms with Crippen LogP contribution in [0.2, 0.25) is 0 Å². The maximum absolute atomic E-state index is 12.6. The second kappa shape index (κ2) is 9.13. The molecule has 2 aromatic rings. The number of ether oxygens (including phenoxy) is 1. The zero-order chi connectivity index (χ0) is 21.0. The quantitative estimate of drug-likeness (QED) is 0.836. The van der Waals surface area contributed by atoms with Crippen molar-refractivity contribution in [3.63, 3.8) is 0 Å².